The van der Waals surface area contributed by atoms with Gasteiger partial charge in [0.05, 0.1) is 12.7 Å². The van der Waals surface area contributed by atoms with Gasteiger partial charge in [0.25, 0.3) is 0 Å². The largest absolute Gasteiger partial charge is 0.247 e. The number of benzene rings is 3. The number of rotatable bonds is 7. The van der Waals surface area contributed by atoms with Crippen molar-refractivity contribution < 1.29 is 0 Å². The van der Waals surface area contributed by atoms with Crippen LogP contribution in [0.4, 0.5) is 0 Å². The third-order valence-electron chi connectivity index (χ3n) is 5.02. The van der Waals surface area contributed by atoms with Gasteiger partial charge < -0.3 is 0 Å². The van der Waals surface area contributed by atoms with Crippen molar-refractivity contribution in [3.8, 4) is 11.3 Å². The Morgan fingerprint density at radius 3 is 2.41 bits per heavy atom. The lowest BCUT2D eigenvalue weighted by atomic mass is 10.0. The van der Waals surface area contributed by atoms with Crippen molar-refractivity contribution in [1.29, 1.82) is 0 Å². The molecule has 3 aromatic carbocycles. The van der Waals surface area contributed by atoms with E-state index >= 15 is 0 Å². The summed E-state index contributed by atoms with van der Waals surface area (Å²) in [5.74, 6) is 0. The molecule has 1 heterocycles. The minimum Gasteiger partial charge on any atom is -0.247 e. The molecule has 3 nitrogen and oxygen atoms in total. The fourth-order valence-electron chi connectivity index (χ4n) is 3.45. The van der Waals surface area contributed by atoms with Crippen molar-refractivity contribution in [3.63, 3.8) is 0 Å². The highest BCUT2D eigenvalue weighted by Gasteiger charge is 2.05. The van der Waals surface area contributed by atoms with Gasteiger partial charge in [0, 0.05) is 5.56 Å². The minimum absolute atomic E-state index is 0.729. The van der Waals surface area contributed by atoms with Crippen LogP contribution in [-0.4, -0.2) is 15.0 Å². The summed E-state index contributed by atoms with van der Waals surface area (Å²) in [5, 5.41) is 11.2. The van der Waals surface area contributed by atoms with E-state index in [4.69, 9.17) is 0 Å². The molecule has 136 valence electrons. The first-order chi connectivity index (χ1) is 13.3. The maximum atomic E-state index is 4.36. The third kappa shape index (κ3) is 4.25. The number of fused-ring (bicyclic) bond motifs is 1. The van der Waals surface area contributed by atoms with E-state index in [2.05, 4.69) is 84.0 Å². The number of aryl methyl sites for hydroxylation is 1. The van der Waals surface area contributed by atoms with Crippen LogP contribution in [0.1, 0.15) is 37.3 Å². The molecule has 0 unspecified atom stereocenters. The van der Waals surface area contributed by atoms with Gasteiger partial charge in [0.15, 0.2) is 0 Å². The standard InChI is InChI=1S/C24H25N3/c1-2-3-4-7-19-10-14-22(15-11-19)24-18-27(26-25-24)17-20-12-13-21-8-5-6-9-23(21)16-20/h5-6,8-16,18H,2-4,7,17H2,1H3. The molecular weight excluding hydrogens is 330 g/mol. The molecule has 0 spiro atoms. The van der Waals surface area contributed by atoms with Crippen LogP contribution in [0.2, 0.25) is 0 Å². The Labute approximate surface area is 160 Å². The Hall–Kier alpha value is -2.94. The quantitative estimate of drug-likeness (QED) is 0.388. The van der Waals surface area contributed by atoms with Crippen molar-refractivity contribution in [3.05, 3.63) is 84.1 Å². The van der Waals surface area contributed by atoms with Gasteiger partial charge in [-0.15, -0.1) is 5.10 Å². The normalized spacial score (nSPS) is 11.1. The second-order valence-electron chi connectivity index (χ2n) is 7.14. The zero-order valence-electron chi connectivity index (χ0n) is 15.8. The summed E-state index contributed by atoms with van der Waals surface area (Å²) in [6.45, 7) is 2.97. The van der Waals surface area contributed by atoms with E-state index in [0.29, 0.717) is 0 Å². The second-order valence-corrected chi connectivity index (χ2v) is 7.14. The van der Waals surface area contributed by atoms with Gasteiger partial charge >= 0.3 is 0 Å². The molecule has 0 radical (unpaired) electrons. The fraction of sp³-hybridized carbons (Fsp3) is 0.250. The first kappa shape index (κ1) is 17.5. The van der Waals surface area contributed by atoms with Crippen LogP contribution in [0.15, 0.2) is 72.9 Å². The third-order valence-corrected chi connectivity index (χ3v) is 5.02. The zero-order valence-corrected chi connectivity index (χ0v) is 15.8. The maximum Gasteiger partial charge on any atom is 0.113 e. The van der Waals surface area contributed by atoms with Gasteiger partial charge in [0.2, 0.25) is 0 Å². The fourth-order valence-corrected chi connectivity index (χ4v) is 3.45. The van der Waals surface area contributed by atoms with Crippen molar-refractivity contribution in [1.82, 2.24) is 15.0 Å². The van der Waals surface area contributed by atoms with Gasteiger partial charge in [-0.25, -0.2) is 4.68 Å². The van der Waals surface area contributed by atoms with Crippen molar-refractivity contribution >= 4 is 10.8 Å². The molecule has 0 saturated carbocycles. The Morgan fingerprint density at radius 2 is 1.59 bits per heavy atom. The van der Waals surface area contributed by atoms with E-state index in [9.17, 15) is 0 Å². The average Bonchev–Trinajstić information content (AvgIpc) is 3.17. The summed E-state index contributed by atoms with van der Waals surface area (Å²) in [5.41, 5.74) is 4.68. The molecule has 3 heteroatoms. The Balaban J connectivity index is 1.46. The van der Waals surface area contributed by atoms with E-state index in [1.165, 1.54) is 41.2 Å². The molecule has 0 saturated heterocycles. The smallest absolute Gasteiger partial charge is 0.113 e. The Kier molecular flexibility index (Phi) is 5.29. The highest BCUT2D eigenvalue weighted by Crippen LogP contribution is 2.20. The van der Waals surface area contributed by atoms with Crippen molar-refractivity contribution in [2.75, 3.05) is 0 Å². The lowest BCUT2D eigenvalue weighted by Crippen LogP contribution is -2.00. The van der Waals surface area contributed by atoms with Crippen LogP contribution in [-0.2, 0) is 13.0 Å². The highest BCUT2D eigenvalue weighted by molar-refractivity contribution is 5.82. The van der Waals surface area contributed by atoms with Crippen LogP contribution in [0, 0.1) is 0 Å². The summed E-state index contributed by atoms with van der Waals surface area (Å²) in [7, 11) is 0. The van der Waals surface area contributed by atoms with E-state index in [1.807, 2.05) is 10.9 Å². The van der Waals surface area contributed by atoms with E-state index in [-0.39, 0.29) is 0 Å². The van der Waals surface area contributed by atoms with Crippen molar-refractivity contribution in [2.24, 2.45) is 0 Å². The van der Waals surface area contributed by atoms with Crippen molar-refractivity contribution in [2.45, 2.75) is 39.2 Å². The molecule has 27 heavy (non-hydrogen) atoms. The summed E-state index contributed by atoms with van der Waals surface area (Å²) in [6.07, 6.45) is 7.01. The van der Waals surface area contributed by atoms with E-state index in [1.54, 1.807) is 0 Å². The SMILES string of the molecule is CCCCCc1ccc(-c2cn(Cc3ccc4ccccc4c3)nn2)cc1. The van der Waals surface area contributed by atoms with Crippen LogP contribution in [0.25, 0.3) is 22.0 Å². The molecule has 0 atom stereocenters. The Morgan fingerprint density at radius 1 is 0.815 bits per heavy atom. The summed E-state index contributed by atoms with van der Waals surface area (Å²) < 4.78 is 1.91. The lowest BCUT2D eigenvalue weighted by Gasteiger charge is -2.04. The number of nitrogens with zero attached hydrogens (tertiary/aromatic N) is 3. The highest BCUT2D eigenvalue weighted by atomic mass is 15.4. The van der Waals surface area contributed by atoms with Crippen LogP contribution in [0.5, 0.6) is 0 Å². The lowest BCUT2D eigenvalue weighted by molar-refractivity contribution is 0.650. The molecule has 4 aromatic rings. The van der Waals surface area contributed by atoms with Crippen LogP contribution >= 0.6 is 0 Å². The first-order valence-electron chi connectivity index (χ1n) is 9.79. The summed E-state index contributed by atoms with van der Waals surface area (Å²) in [6, 6.07) is 23.7. The average molecular weight is 355 g/mol. The molecule has 4 rings (SSSR count). The van der Waals surface area contributed by atoms with Gasteiger partial charge in [-0.3, -0.25) is 0 Å². The van der Waals surface area contributed by atoms with Crippen LogP contribution < -0.4 is 0 Å². The molecule has 0 N–H and O–H groups in total. The number of aromatic nitrogens is 3. The molecule has 0 aliphatic heterocycles. The second kappa shape index (κ2) is 8.17. The molecule has 0 bridgehead atoms. The molecule has 1 aromatic heterocycles. The zero-order chi connectivity index (χ0) is 18.5. The maximum absolute atomic E-state index is 4.36. The number of hydrogen-bond acceptors (Lipinski definition) is 2. The molecular formula is C24H25N3. The predicted molar refractivity (Wildman–Crippen MR) is 112 cm³/mol. The van der Waals surface area contributed by atoms with Gasteiger partial charge in [-0.1, -0.05) is 85.6 Å². The van der Waals surface area contributed by atoms with E-state index < -0.39 is 0 Å². The van der Waals surface area contributed by atoms with Gasteiger partial charge in [-0.05, 0) is 40.8 Å². The van der Waals surface area contributed by atoms with Crippen LogP contribution in [0.3, 0.4) is 0 Å². The molecule has 0 aliphatic carbocycles. The Bertz CT molecular complexity index is 1020. The minimum atomic E-state index is 0.729. The van der Waals surface area contributed by atoms with Gasteiger partial charge in [0.1, 0.15) is 5.69 Å². The number of unbranched alkanes of at least 4 members (excludes halogenated alkanes) is 2. The van der Waals surface area contributed by atoms with Gasteiger partial charge in [-0.2, -0.15) is 0 Å². The first-order valence-corrected chi connectivity index (χ1v) is 9.79. The van der Waals surface area contributed by atoms with E-state index in [0.717, 1.165) is 24.2 Å². The predicted octanol–water partition coefficient (Wildman–Crippen LogP) is 5.88. The molecule has 0 aliphatic rings. The number of hydrogen-bond donors (Lipinski definition) is 0. The summed E-state index contributed by atoms with van der Waals surface area (Å²) >= 11 is 0. The molecule has 0 fully saturated rings. The topological polar surface area (TPSA) is 30.7 Å². The monoisotopic (exact) mass is 355 g/mol. The summed E-state index contributed by atoms with van der Waals surface area (Å²) in [4.78, 5) is 0. The molecule has 0 amide bonds.